The fourth-order valence-corrected chi connectivity index (χ4v) is 2.23. The van der Waals surface area contributed by atoms with E-state index in [2.05, 4.69) is 15.9 Å². The summed E-state index contributed by atoms with van der Waals surface area (Å²) in [5.74, 6) is -2.68. The fourth-order valence-electron chi connectivity index (χ4n) is 0.739. The van der Waals surface area contributed by atoms with Gasteiger partial charge in [0.1, 0.15) is 0 Å². The molecule has 13 heavy (non-hydrogen) atoms. The maximum atomic E-state index is 12.6. The number of rotatable bonds is 2. The molecule has 0 saturated heterocycles. The molecule has 0 aromatic carbocycles. The Bertz CT molecular complexity index is 351. The first kappa shape index (κ1) is 10.4. The van der Waals surface area contributed by atoms with Crippen LogP contribution >= 0.6 is 27.3 Å². The number of thiophene rings is 1. The minimum absolute atomic E-state index is 0.587. The molecule has 0 unspecified atom stereocenters. The molecule has 0 radical (unpaired) electrons. The Hall–Kier alpha value is -0.680. The summed E-state index contributed by atoms with van der Waals surface area (Å²) < 4.78 is 13.5. The average Bonchev–Trinajstić information content (AvgIpc) is 2.31. The highest BCUT2D eigenvalue weighted by Crippen LogP contribution is 2.28. The number of hydrogen-bond acceptors (Lipinski definition) is 2. The highest BCUT2D eigenvalue weighted by molar-refractivity contribution is 9.10. The van der Waals surface area contributed by atoms with Crippen molar-refractivity contribution in [3.8, 4) is 0 Å². The van der Waals surface area contributed by atoms with E-state index in [0.29, 0.717) is 4.88 Å². The Morgan fingerprint density at radius 2 is 2.38 bits per heavy atom. The van der Waals surface area contributed by atoms with E-state index in [9.17, 15) is 9.18 Å². The van der Waals surface area contributed by atoms with E-state index in [-0.39, 0.29) is 0 Å². The smallest absolute Gasteiger partial charge is 0.364 e. The molecular formula is C8H6BrFO2S. The van der Waals surface area contributed by atoms with Gasteiger partial charge in [-0.1, -0.05) is 0 Å². The minimum atomic E-state index is -1.54. The zero-order valence-corrected chi connectivity index (χ0v) is 9.08. The van der Waals surface area contributed by atoms with Crippen LogP contribution in [0.5, 0.6) is 0 Å². The number of hydrogen-bond donors (Lipinski definition) is 1. The number of carboxylic acid groups (broad SMARTS) is 1. The van der Waals surface area contributed by atoms with Gasteiger partial charge in [-0.3, -0.25) is 0 Å². The molecule has 0 bridgehead atoms. The molecule has 1 aromatic rings. The predicted octanol–water partition coefficient (Wildman–Crippen LogP) is 3.21. The van der Waals surface area contributed by atoms with Gasteiger partial charge in [0.25, 0.3) is 0 Å². The molecular weight excluding hydrogens is 259 g/mol. The lowest BCUT2D eigenvalue weighted by Crippen LogP contribution is -1.93. The molecule has 70 valence electrons. The summed E-state index contributed by atoms with van der Waals surface area (Å²) >= 11 is 4.59. The molecule has 0 saturated carbocycles. The zero-order valence-electron chi connectivity index (χ0n) is 6.67. The van der Waals surface area contributed by atoms with Crippen molar-refractivity contribution in [3.05, 3.63) is 26.1 Å². The van der Waals surface area contributed by atoms with Gasteiger partial charge >= 0.3 is 5.97 Å². The van der Waals surface area contributed by atoms with Crippen molar-refractivity contribution in [2.24, 2.45) is 0 Å². The van der Waals surface area contributed by atoms with Crippen molar-refractivity contribution in [2.45, 2.75) is 6.92 Å². The van der Waals surface area contributed by atoms with Gasteiger partial charge in [-0.25, -0.2) is 4.79 Å². The van der Waals surface area contributed by atoms with Crippen LogP contribution in [0.3, 0.4) is 0 Å². The number of carboxylic acids is 1. The number of aryl methyl sites for hydroxylation is 1. The maximum absolute atomic E-state index is 12.6. The second-order valence-corrected chi connectivity index (χ2v) is 4.49. The lowest BCUT2D eigenvalue weighted by Gasteiger charge is -1.85. The molecule has 1 heterocycles. The Morgan fingerprint density at radius 3 is 2.77 bits per heavy atom. The Morgan fingerprint density at radius 1 is 1.77 bits per heavy atom. The lowest BCUT2D eigenvalue weighted by molar-refractivity contribution is -0.134. The zero-order chi connectivity index (χ0) is 10.0. The third-order valence-corrected chi connectivity index (χ3v) is 3.43. The van der Waals surface area contributed by atoms with Crippen LogP contribution in [0.1, 0.15) is 9.75 Å². The van der Waals surface area contributed by atoms with Gasteiger partial charge in [0.15, 0.2) is 0 Å². The van der Waals surface area contributed by atoms with Crippen LogP contribution in [-0.2, 0) is 4.79 Å². The first-order chi connectivity index (χ1) is 6.00. The van der Waals surface area contributed by atoms with E-state index in [4.69, 9.17) is 5.11 Å². The molecule has 1 aromatic heterocycles. The standard InChI is InChI=1S/C8H6BrFO2S/c1-4-6(9)2-5(13-4)3-7(10)8(11)12/h2-3H,1H3,(H,11,12)/b7-3+. The van der Waals surface area contributed by atoms with Crippen LogP contribution in [0.15, 0.2) is 16.4 Å². The van der Waals surface area contributed by atoms with Gasteiger partial charge in [-0.15, -0.1) is 11.3 Å². The largest absolute Gasteiger partial charge is 0.476 e. The summed E-state index contributed by atoms with van der Waals surface area (Å²) in [6.07, 6.45) is 1.00. The normalized spacial score (nSPS) is 11.8. The molecule has 2 nitrogen and oxygen atoms in total. The topological polar surface area (TPSA) is 37.3 Å². The molecule has 5 heteroatoms. The van der Waals surface area contributed by atoms with Crippen LogP contribution < -0.4 is 0 Å². The summed E-state index contributed by atoms with van der Waals surface area (Å²) in [7, 11) is 0. The summed E-state index contributed by atoms with van der Waals surface area (Å²) in [5, 5.41) is 8.27. The van der Waals surface area contributed by atoms with Gasteiger partial charge in [-0.2, -0.15) is 4.39 Å². The third-order valence-electron chi connectivity index (χ3n) is 1.35. The van der Waals surface area contributed by atoms with Gasteiger partial charge in [0.05, 0.1) is 0 Å². The molecule has 1 N–H and O–H groups in total. The molecule has 0 fully saturated rings. The van der Waals surface area contributed by atoms with Crippen LogP contribution in [0.25, 0.3) is 6.08 Å². The molecule has 0 atom stereocenters. The van der Waals surface area contributed by atoms with E-state index in [1.165, 1.54) is 11.3 Å². The quantitative estimate of drug-likeness (QED) is 0.833. The first-order valence-corrected chi connectivity index (χ1v) is 4.98. The van der Waals surface area contributed by atoms with Crippen LogP contribution in [-0.4, -0.2) is 11.1 Å². The van der Waals surface area contributed by atoms with Crippen molar-refractivity contribution >= 4 is 39.3 Å². The number of carbonyl (C=O) groups is 1. The molecule has 0 aliphatic carbocycles. The van der Waals surface area contributed by atoms with Crippen LogP contribution in [0.4, 0.5) is 4.39 Å². The maximum Gasteiger partial charge on any atom is 0.364 e. The second-order valence-electron chi connectivity index (χ2n) is 2.35. The molecule has 0 aliphatic rings. The van der Waals surface area contributed by atoms with E-state index < -0.39 is 11.8 Å². The summed E-state index contributed by atoms with van der Waals surface area (Å²) in [6.45, 7) is 1.87. The van der Waals surface area contributed by atoms with Crippen molar-refractivity contribution in [3.63, 3.8) is 0 Å². The van der Waals surface area contributed by atoms with E-state index in [1.54, 1.807) is 6.07 Å². The van der Waals surface area contributed by atoms with Gasteiger partial charge in [0, 0.05) is 14.2 Å². The highest BCUT2D eigenvalue weighted by atomic mass is 79.9. The van der Waals surface area contributed by atoms with Gasteiger partial charge in [0.2, 0.25) is 5.83 Å². The Balaban J connectivity index is 2.98. The number of aliphatic carboxylic acids is 1. The first-order valence-electron chi connectivity index (χ1n) is 3.37. The monoisotopic (exact) mass is 264 g/mol. The van der Waals surface area contributed by atoms with Crippen molar-refractivity contribution in [2.75, 3.05) is 0 Å². The highest BCUT2D eigenvalue weighted by Gasteiger charge is 2.07. The van der Waals surface area contributed by atoms with Crippen LogP contribution in [0.2, 0.25) is 0 Å². The van der Waals surface area contributed by atoms with Gasteiger partial charge < -0.3 is 5.11 Å². The number of halogens is 2. The predicted molar refractivity (Wildman–Crippen MR) is 53.5 cm³/mol. The second kappa shape index (κ2) is 4.02. The van der Waals surface area contributed by atoms with Crippen molar-refractivity contribution in [1.29, 1.82) is 0 Å². The molecule has 0 amide bonds. The lowest BCUT2D eigenvalue weighted by atomic mass is 10.4. The average molecular weight is 265 g/mol. The van der Waals surface area contributed by atoms with E-state index >= 15 is 0 Å². The third kappa shape index (κ3) is 2.63. The van der Waals surface area contributed by atoms with Gasteiger partial charge in [-0.05, 0) is 35.0 Å². The van der Waals surface area contributed by atoms with Crippen LogP contribution in [0, 0.1) is 6.92 Å². The van der Waals surface area contributed by atoms with Crippen molar-refractivity contribution < 1.29 is 14.3 Å². The summed E-state index contributed by atoms with van der Waals surface area (Å²) in [5.41, 5.74) is 0. The molecule has 1 rings (SSSR count). The molecule has 0 spiro atoms. The van der Waals surface area contributed by atoms with Crippen molar-refractivity contribution in [1.82, 2.24) is 0 Å². The summed E-state index contributed by atoms with van der Waals surface area (Å²) in [6, 6.07) is 1.68. The SMILES string of the molecule is Cc1sc(/C=C(/F)C(=O)O)cc1Br. The summed E-state index contributed by atoms with van der Waals surface area (Å²) in [4.78, 5) is 11.7. The fraction of sp³-hybridized carbons (Fsp3) is 0.125. The Kier molecular flexibility index (Phi) is 3.22. The Labute approximate surface area is 86.8 Å². The van der Waals surface area contributed by atoms with E-state index in [0.717, 1.165) is 15.4 Å². The minimum Gasteiger partial charge on any atom is -0.476 e. The van der Waals surface area contributed by atoms with E-state index in [1.807, 2.05) is 6.92 Å². The molecule has 0 aliphatic heterocycles.